The summed E-state index contributed by atoms with van der Waals surface area (Å²) in [6.07, 6.45) is 14.9. The Balaban J connectivity index is 1.50. The first kappa shape index (κ1) is 21.4. The number of allylic oxidation sites excluding steroid dienone is 2. The lowest BCUT2D eigenvalue weighted by Gasteiger charge is -2.42. The zero-order chi connectivity index (χ0) is 21.8. The van der Waals surface area contributed by atoms with Crippen molar-refractivity contribution < 1.29 is 8.76 Å². The van der Waals surface area contributed by atoms with Crippen LogP contribution in [-0.2, 0) is 18.1 Å². The fourth-order valence-electron chi connectivity index (χ4n) is 6.05. The SMILES string of the molecule is Cn1cc(S2(C)CCC(C3(C)C=C(N4CCCC4)C=CC3S(=O)O)C2)c2ccccc21. The first-order valence-electron chi connectivity index (χ1n) is 11.4. The summed E-state index contributed by atoms with van der Waals surface area (Å²) in [5, 5.41) is 1.05. The predicted molar refractivity (Wildman–Crippen MR) is 133 cm³/mol. The minimum Gasteiger partial charge on any atom is -0.372 e. The number of hydrogen-bond acceptors (Lipinski definition) is 2. The van der Waals surface area contributed by atoms with Crippen molar-refractivity contribution in [3.63, 3.8) is 0 Å². The van der Waals surface area contributed by atoms with Gasteiger partial charge in [-0.05, 0) is 55.1 Å². The summed E-state index contributed by atoms with van der Waals surface area (Å²) in [6, 6.07) is 8.72. The zero-order valence-corrected chi connectivity index (χ0v) is 20.4. The Labute approximate surface area is 190 Å². The Morgan fingerprint density at radius 1 is 1.23 bits per heavy atom. The third-order valence-corrected chi connectivity index (χ3v) is 12.7. The van der Waals surface area contributed by atoms with E-state index in [1.54, 1.807) is 0 Å². The van der Waals surface area contributed by atoms with E-state index in [1.165, 1.54) is 40.1 Å². The lowest BCUT2D eigenvalue weighted by Crippen LogP contribution is -2.42. The van der Waals surface area contributed by atoms with Gasteiger partial charge in [0.2, 0.25) is 0 Å². The van der Waals surface area contributed by atoms with Crippen molar-refractivity contribution in [1.29, 1.82) is 0 Å². The van der Waals surface area contributed by atoms with E-state index < -0.39 is 21.1 Å². The molecular formula is C25H34N2O2S2. The number of rotatable bonds is 4. The van der Waals surface area contributed by atoms with Gasteiger partial charge in [-0.2, -0.15) is 0 Å². The summed E-state index contributed by atoms with van der Waals surface area (Å²) in [6.45, 7) is 4.44. The molecule has 3 heterocycles. The van der Waals surface area contributed by atoms with Gasteiger partial charge in [-0.3, -0.25) is 0 Å². The molecule has 2 aromatic rings. The molecule has 4 nitrogen and oxygen atoms in total. The van der Waals surface area contributed by atoms with Gasteiger partial charge < -0.3 is 14.0 Å². The molecule has 0 bridgehead atoms. The maximum Gasteiger partial charge on any atom is 0.160 e. The van der Waals surface area contributed by atoms with E-state index in [4.69, 9.17) is 0 Å². The molecule has 0 amide bonds. The van der Waals surface area contributed by atoms with Crippen LogP contribution in [0.2, 0.25) is 0 Å². The van der Waals surface area contributed by atoms with Gasteiger partial charge in [0.25, 0.3) is 0 Å². The van der Waals surface area contributed by atoms with Crippen LogP contribution in [0.5, 0.6) is 0 Å². The van der Waals surface area contributed by atoms with Gasteiger partial charge in [-0.1, -0.05) is 37.3 Å². The largest absolute Gasteiger partial charge is 0.372 e. The standard InChI is InChI=1S/C25H34N2O2S2/c1-25(16-20(27-13-6-7-14-27)10-11-24(25)30(28)29)19-12-15-31(3,18-19)23-17-26(2)22-9-5-4-8-21(22)23/h4-5,8-11,16-17,19,24H,6-7,12-15,18H2,1-3H3,(H,28,29). The first-order chi connectivity index (χ1) is 14.8. The third-order valence-electron chi connectivity index (χ3n) is 7.96. The summed E-state index contributed by atoms with van der Waals surface area (Å²) in [5.74, 6) is 2.74. The second kappa shape index (κ2) is 7.82. The van der Waals surface area contributed by atoms with Crippen LogP contribution in [0.4, 0.5) is 0 Å². The highest BCUT2D eigenvalue weighted by atomic mass is 32.3. The molecular weight excluding hydrogens is 424 g/mol. The predicted octanol–water partition coefficient (Wildman–Crippen LogP) is 5.14. The number of para-hydroxylation sites is 1. The van der Waals surface area contributed by atoms with Crippen molar-refractivity contribution in [3.05, 3.63) is 54.4 Å². The average Bonchev–Trinajstić information content (AvgIpc) is 3.48. The molecule has 0 saturated carbocycles. The van der Waals surface area contributed by atoms with Crippen molar-refractivity contribution in [3.8, 4) is 0 Å². The van der Waals surface area contributed by atoms with Crippen molar-refractivity contribution in [1.82, 2.24) is 9.47 Å². The van der Waals surface area contributed by atoms with Crippen LogP contribution in [0.15, 0.2) is 59.3 Å². The zero-order valence-electron chi connectivity index (χ0n) is 18.8. The summed E-state index contributed by atoms with van der Waals surface area (Å²) in [5.41, 5.74) is 2.27. The van der Waals surface area contributed by atoms with E-state index in [2.05, 4.69) is 72.3 Å². The molecule has 5 rings (SSSR count). The van der Waals surface area contributed by atoms with Crippen molar-refractivity contribution in [2.45, 2.75) is 36.3 Å². The Bertz CT molecular complexity index is 1080. The second-order valence-corrected chi connectivity index (χ2v) is 14.7. The lowest BCUT2D eigenvalue weighted by molar-refractivity contribution is 0.272. The number of aromatic nitrogens is 1. The molecule has 5 unspecified atom stereocenters. The molecule has 5 atom stereocenters. The van der Waals surface area contributed by atoms with Crippen molar-refractivity contribution in [2.24, 2.45) is 18.4 Å². The van der Waals surface area contributed by atoms with E-state index in [9.17, 15) is 8.76 Å². The van der Waals surface area contributed by atoms with E-state index in [0.717, 1.165) is 25.3 Å². The summed E-state index contributed by atoms with van der Waals surface area (Å²) in [7, 11) is 1.16. The van der Waals surface area contributed by atoms with Crippen LogP contribution in [0.1, 0.15) is 26.2 Å². The number of hydrogen-bond donors (Lipinski definition) is 1. The monoisotopic (exact) mass is 458 g/mol. The topological polar surface area (TPSA) is 45.5 Å². The van der Waals surface area contributed by atoms with Gasteiger partial charge in [0.1, 0.15) is 0 Å². The van der Waals surface area contributed by atoms with E-state index >= 15 is 0 Å². The number of aryl methyl sites for hydroxylation is 1. The summed E-state index contributed by atoms with van der Waals surface area (Å²) >= 11 is -1.87. The smallest absolute Gasteiger partial charge is 0.160 e. The summed E-state index contributed by atoms with van der Waals surface area (Å²) in [4.78, 5) is 3.96. The average molecular weight is 459 g/mol. The highest BCUT2D eigenvalue weighted by molar-refractivity contribution is 8.33. The third kappa shape index (κ3) is 3.51. The lowest BCUT2D eigenvalue weighted by atomic mass is 9.71. The molecule has 2 aliphatic heterocycles. The Kier molecular flexibility index (Phi) is 5.39. The number of fused-ring (bicyclic) bond motifs is 1. The molecule has 1 aromatic carbocycles. The van der Waals surface area contributed by atoms with Crippen LogP contribution in [-0.4, -0.2) is 54.3 Å². The van der Waals surface area contributed by atoms with Crippen LogP contribution in [0.25, 0.3) is 10.9 Å². The van der Waals surface area contributed by atoms with Gasteiger partial charge in [0.05, 0.1) is 5.25 Å². The van der Waals surface area contributed by atoms with Gasteiger partial charge in [0, 0.05) is 53.2 Å². The van der Waals surface area contributed by atoms with E-state index in [1.807, 2.05) is 6.08 Å². The fraction of sp³-hybridized carbons (Fsp3) is 0.520. The summed E-state index contributed by atoms with van der Waals surface area (Å²) < 4.78 is 24.8. The van der Waals surface area contributed by atoms with Crippen LogP contribution in [0, 0.1) is 11.3 Å². The quantitative estimate of drug-likeness (QED) is 0.646. The molecule has 6 heteroatoms. The molecule has 3 aliphatic rings. The van der Waals surface area contributed by atoms with Crippen LogP contribution in [0.3, 0.4) is 0 Å². The highest BCUT2D eigenvalue weighted by Crippen LogP contribution is 2.64. The second-order valence-electron chi connectivity index (χ2n) is 9.94. The molecule has 0 spiro atoms. The normalized spacial score (nSPS) is 36.5. The minimum absolute atomic E-state index is 0.290. The van der Waals surface area contributed by atoms with E-state index in [0.29, 0.717) is 5.92 Å². The Hall–Kier alpha value is -1.50. The maximum atomic E-state index is 12.4. The number of benzene rings is 1. The molecule has 0 radical (unpaired) electrons. The molecule has 1 aliphatic carbocycles. The van der Waals surface area contributed by atoms with Crippen molar-refractivity contribution in [2.75, 3.05) is 30.9 Å². The van der Waals surface area contributed by atoms with Crippen LogP contribution < -0.4 is 0 Å². The Morgan fingerprint density at radius 2 is 1.97 bits per heavy atom. The molecule has 2 fully saturated rings. The molecule has 168 valence electrons. The first-order valence-corrected chi connectivity index (χ1v) is 14.9. The molecule has 1 N–H and O–H groups in total. The van der Waals surface area contributed by atoms with Gasteiger partial charge in [-0.25, -0.2) is 14.2 Å². The molecule has 1 aromatic heterocycles. The van der Waals surface area contributed by atoms with Crippen LogP contribution >= 0.6 is 10.0 Å². The van der Waals surface area contributed by atoms with Gasteiger partial charge in [0.15, 0.2) is 11.1 Å². The number of likely N-dealkylation sites (tertiary alicyclic amines) is 1. The highest BCUT2D eigenvalue weighted by Gasteiger charge is 2.49. The minimum atomic E-state index is -1.87. The van der Waals surface area contributed by atoms with Gasteiger partial charge >= 0.3 is 0 Å². The molecule has 2 saturated heterocycles. The van der Waals surface area contributed by atoms with Gasteiger partial charge in [-0.15, -0.1) is 0 Å². The number of nitrogens with zero attached hydrogens (tertiary/aromatic N) is 2. The maximum absolute atomic E-state index is 12.4. The van der Waals surface area contributed by atoms with Crippen molar-refractivity contribution >= 4 is 32.0 Å². The molecule has 31 heavy (non-hydrogen) atoms. The fourth-order valence-corrected chi connectivity index (χ4v) is 10.9. The Morgan fingerprint density at radius 3 is 2.71 bits per heavy atom. The van der Waals surface area contributed by atoms with E-state index in [-0.39, 0.29) is 10.7 Å².